The molecular formula is C29H36ClN3O4S. The van der Waals surface area contributed by atoms with Crippen molar-refractivity contribution in [3.63, 3.8) is 0 Å². The van der Waals surface area contributed by atoms with E-state index < -0.39 is 33.4 Å². The second-order valence-corrected chi connectivity index (χ2v) is 13.8. The molecule has 1 aromatic carbocycles. The number of likely N-dealkylation sites (N-methyl/N-ethyl adjacent to an activating group) is 1. The number of amides is 3. The lowest BCUT2D eigenvalue weighted by Crippen LogP contribution is -2.57. The number of aliphatic hydroxyl groups is 1. The predicted octanol–water partition coefficient (Wildman–Crippen LogP) is 3.67. The predicted molar refractivity (Wildman–Crippen MR) is 151 cm³/mol. The van der Waals surface area contributed by atoms with Crippen molar-refractivity contribution in [3.05, 3.63) is 53.1 Å². The van der Waals surface area contributed by atoms with E-state index in [1.165, 1.54) is 0 Å². The van der Waals surface area contributed by atoms with Crippen molar-refractivity contribution in [1.82, 2.24) is 9.80 Å². The Morgan fingerprint density at radius 2 is 1.79 bits per heavy atom. The SMILES string of the molecule is Cc1cccc(Cl)c1N1CC=C[C@]23S[C@@]4(C)C=CCN(C)C(=O)[C@H]4[C@H]2C(=O)N([C@@H](CO)CC(C)C)C3C1=O. The molecule has 1 spiro atoms. The van der Waals surface area contributed by atoms with Crippen molar-refractivity contribution in [2.24, 2.45) is 17.8 Å². The molecule has 0 aliphatic carbocycles. The van der Waals surface area contributed by atoms with Gasteiger partial charge < -0.3 is 19.8 Å². The van der Waals surface area contributed by atoms with Crippen LogP contribution in [0.3, 0.4) is 0 Å². The number of thioether (sulfide) groups is 1. The van der Waals surface area contributed by atoms with E-state index >= 15 is 0 Å². The summed E-state index contributed by atoms with van der Waals surface area (Å²) < 4.78 is -1.61. The number of benzene rings is 1. The number of fused-ring (bicyclic) bond motifs is 2. The minimum absolute atomic E-state index is 0.0888. The van der Waals surface area contributed by atoms with Crippen LogP contribution < -0.4 is 4.90 Å². The number of nitrogens with zero attached hydrogens (tertiary/aromatic N) is 3. The first kappa shape index (κ1) is 27.3. The Bertz CT molecular complexity index is 1210. The van der Waals surface area contributed by atoms with Crippen molar-refractivity contribution in [3.8, 4) is 0 Å². The molecule has 4 aliphatic heterocycles. The molecule has 0 bridgehead atoms. The fourth-order valence-corrected chi connectivity index (χ4v) is 9.43. The van der Waals surface area contributed by atoms with E-state index in [0.29, 0.717) is 30.2 Å². The van der Waals surface area contributed by atoms with Crippen molar-refractivity contribution in [2.75, 3.05) is 31.6 Å². The fraction of sp³-hybridized carbons (Fsp3) is 0.552. The monoisotopic (exact) mass is 557 g/mol. The molecule has 4 aliphatic rings. The zero-order valence-corrected chi connectivity index (χ0v) is 24.1. The summed E-state index contributed by atoms with van der Waals surface area (Å²) in [4.78, 5) is 47.9. The highest BCUT2D eigenvalue weighted by atomic mass is 35.5. The van der Waals surface area contributed by atoms with Gasteiger partial charge in [0.25, 0.3) is 5.91 Å². The Labute approximate surface area is 233 Å². The summed E-state index contributed by atoms with van der Waals surface area (Å²) in [7, 11) is 1.76. The van der Waals surface area contributed by atoms with Crippen LogP contribution in [0.2, 0.25) is 5.02 Å². The summed E-state index contributed by atoms with van der Waals surface area (Å²) in [6.07, 6.45) is 8.52. The zero-order chi connectivity index (χ0) is 27.6. The van der Waals surface area contributed by atoms with Crippen LogP contribution in [0.5, 0.6) is 0 Å². The van der Waals surface area contributed by atoms with Crippen molar-refractivity contribution >= 4 is 46.8 Å². The van der Waals surface area contributed by atoms with Crippen LogP contribution in [-0.2, 0) is 14.4 Å². The third-order valence-corrected chi connectivity index (χ3v) is 10.6. The number of rotatable bonds is 5. The van der Waals surface area contributed by atoms with Gasteiger partial charge in [0.15, 0.2) is 0 Å². The average Bonchev–Trinajstić information content (AvgIpc) is 3.13. The van der Waals surface area contributed by atoms with Gasteiger partial charge in [0, 0.05) is 24.9 Å². The zero-order valence-electron chi connectivity index (χ0n) is 22.6. The Balaban J connectivity index is 1.71. The second-order valence-electron chi connectivity index (χ2n) is 11.6. The van der Waals surface area contributed by atoms with Gasteiger partial charge in [-0.05, 0) is 37.8 Å². The maximum atomic E-state index is 14.7. The van der Waals surface area contributed by atoms with Gasteiger partial charge >= 0.3 is 0 Å². The molecule has 0 aromatic heterocycles. The van der Waals surface area contributed by atoms with Gasteiger partial charge in [0.1, 0.15) is 6.04 Å². The highest BCUT2D eigenvalue weighted by Gasteiger charge is 2.74. The van der Waals surface area contributed by atoms with Crippen LogP contribution in [0, 0.1) is 24.7 Å². The number of anilines is 1. The van der Waals surface area contributed by atoms with Crippen LogP contribution in [0.4, 0.5) is 5.69 Å². The van der Waals surface area contributed by atoms with Crippen molar-refractivity contribution in [2.45, 2.75) is 55.7 Å². The number of carbonyl (C=O) groups excluding carboxylic acids is 3. The first-order valence-corrected chi connectivity index (χ1v) is 14.5. The molecule has 1 aromatic rings. The molecule has 2 saturated heterocycles. The van der Waals surface area contributed by atoms with E-state index in [1.54, 1.807) is 39.6 Å². The Morgan fingerprint density at radius 1 is 1.08 bits per heavy atom. The highest BCUT2D eigenvalue weighted by molar-refractivity contribution is 8.02. The molecule has 5 rings (SSSR count). The molecule has 9 heteroatoms. The molecule has 4 heterocycles. The largest absolute Gasteiger partial charge is 0.394 e. The van der Waals surface area contributed by atoms with Crippen LogP contribution in [0.1, 0.15) is 32.8 Å². The molecule has 2 fully saturated rings. The lowest BCUT2D eigenvalue weighted by atomic mass is 9.74. The Kier molecular flexibility index (Phi) is 6.98. The highest BCUT2D eigenvalue weighted by Crippen LogP contribution is 2.66. The second kappa shape index (κ2) is 9.72. The number of halogens is 1. The van der Waals surface area contributed by atoms with Gasteiger partial charge in [0.05, 0.1) is 39.9 Å². The lowest BCUT2D eigenvalue weighted by molar-refractivity contribution is -0.145. The van der Waals surface area contributed by atoms with Crippen LogP contribution in [-0.4, -0.2) is 80.9 Å². The number of hydrogen-bond donors (Lipinski definition) is 1. The summed E-state index contributed by atoms with van der Waals surface area (Å²) in [5, 5.41) is 11.0. The van der Waals surface area contributed by atoms with E-state index in [1.807, 2.05) is 64.1 Å². The van der Waals surface area contributed by atoms with E-state index in [9.17, 15) is 19.5 Å². The van der Waals surface area contributed by atoms with Crippen LogP contribution in [0.25, 0.3) is 0 Å². The number of para-hydroxylation sites is 1. The molecular weight excluding hydrogens is 522 g/mol. The average molecular weight is 558 g/mol. The third kappa shape index (κ3) is 3.94. The molecule has 6 atom stereocenters. The maximum absolute atomic E-state index is 14.7. The first-order valence-electron chi connectivity index (χ1n) is 13.3. The van der Waals surface area contributed by atoms with Gasteiger partial charge in [-0.2, -0.15) is 0 Å². The van der Waals surface area contributed by atoms with E-state index in [4.69, 9.17) is 11.6 Å². The van der Waals surface area contributed by atoms with Gasteiger partial charge in [-0.1, -0.05) is 61.9 Å². The van der Waals surface area contributed by atoms with E-state index in [0.717, 1.165) is 5.56 Å². The van der Waals surface area contributed by atoms with Crippen molar-refractivity contribution < 1.29 is 19.5 Å². The summed E-state index contributed by atoms with van der Waals surface area (Å²) in [6, 6.07) is 4.10. The topological polar surface area (TPSA) is 81.2 Å². The van der Waals surface area contributed by atoms with Gasteiger partial charge in [0.2, 0.25) is 11.8 Å². The first-order chi connectivity index (χ1) is 18.0. The Hall–Kier alpha value is -2.29. The smallest absolute Gasteiger partial charge is 0.251 e. The maximum Gasteiger partial charge on any atom is 0.251 e. The van der Waals surface area contributed by atoms with E-state index in [2.05, 4.69) is 0 Å². The minimum atomic E-state index is -0.958. The summed E-state index contributed by atoms with van der Waals surface area (Å²) in [6.45, 7) is 8.52. The third-order valence-electron chi connectivity index (χ3n) is 8.50. The summed E-state index contributed by atoms with van der Waals surface area (Å²) in [5.74, 6) is -1.71. The number of likely N-dealkylation sites (tertiary alicyclic amines) is 1. The molecule has 1 N–H and O–H groups in total. The molecule has 1 unspecified atom stereocenters. The fourth-order valence-electron chi connectivity index (χ4n) is 6.96. The molecule has 0 radical (unpaired) electrons. The number of aryl methyl sites for hydroxylation is 1. The molecule has 204 valence electrons. The quantitative estimate of drug-likeness (QED) is 0.559. The standard InChI is InChI=1S/C29H36ClN3O4S/c1-17(2)15-19(16-34)33-24-27(37)32(23-18(3)9-6-10-20(23)30)14-8-12-29(24)22(26(33)36)21-25(35)31(5)13-7-11-28(21,4)38-29/h6-12,17,19,21-22,24,34H,13-16H2,1-5H3/t19-,21-,22+,24?,28+,29+/m1/s1. The lowest BCUT2D eigenvalue weighted by Gasteiger charge is -2.40. The van der Waals surface area contributed by atoms with Crippen LogP contribution >= 0.6 is 23.4 Å². The molecule has 38 heavy (non-hydrogen) atoms. The van der Waals surface area contributed by atoms with Gasteiger partial charge in [-0.25, -0.2) is 0 Å². The van der Waals surface area contributed by atoms with Gasteiger partial charge in [-0.3, -0.25) is 14.4 Å². The van der Waals surface area contributed by atoms with Crippen molar-refractivity contribution in [1.29, 1.82) is 0 Å². The Morgan fingerprint density at radius 3 is 2.45 bits per heavy atom. The summed E-state index contributed by atoms with van der Waals surface area (Å²) >= 11 is 8.18. The number of hydrogen-bond acceptors (Lipinski definition) is 5. The summed E-state index contributed by atoms with van der Waals surface area (Å²) in [5.41, 5.74) is 1.49. The number of carbonyl (C=O) groups is 3. The molecule has 0 saturated carbocycles. The van der Waals surface area contributed by atoms with E-state index in [-0.39, 0.29) is 30.2 Å². The normalized spacial score (nSPS) is 33.4. The van der Waals surface area contributed by atoms with Gasteiger partial charge in [-0.15, -0.1) is 11.8 Å². The molecule has 7 nitrogen and oxygen atoms in total. The number of aliphatic hydroxyl groups excluding tert-OH is 1. The minimum Gasteiger partial charge on any atom is -0.394 e. The van der Waals surface area contributed by atoms with Crippen LogP contribution in [0.15, 0.2) is 42.5 Å². The molecule has 3 amide bonds.